The highest BCUT2D eigenvalue weighted by atomic mass is 15.2. The second-order valence-electron chi connectivity index (χ2n) is 1.94. The summed E-state index contributed by atoms with van der Waals surface area (Å²) in [5.74, 6) is 5.82. The molecule has 2 N–H and O–H groups in total. The standard InChI is InChI=1S/C5H12N4/c1-4(2)5(8-6)9-7-3/h4H,6H2,1-3H3. The lowest BCUT2D eigenvalue weighted by atomic mass is 10.2. The molecule has 52 valence electrons. The molecule has 0 rings (SSSR count). The topological polar surface area (TPSA) is 63.1 Å². The molecule has 0 spiro atoms. The molecule has 9 heavy (non-hydrogen) atoms. The Morgan fingerprint density at radius 1 is 1.44 bits per heavy atom. The van der Waals surface area contributed by atoms with Gasteiger partial charge in [-0.2, -0.15) is 10.2 Å². The SMILES string of the molecule is CN=NC(=NN)C(C)C. The third-order valence-electron chi connectivity index (χ3n) is 0.851. The minimum absolute atomic E-state index is 0.249. The fourth-order valence-corrected chi connectivity index (χ4v) is 0.393. The van der Waals surface area contributed by atoms with Crippen molar-refractivity contribution in [2.45, 2.75) is 13.8 Å². The van der Waals surface area contributed by atoms with Gasteiger partial charge in [-0.1, -0.05) is 13.8 Å². The van der Waals surface area contributed by atoms with Crippen LogP contribution in [0.2, 0.25) is 0 Å². The summed E-state index contributed by atoms with van der Waals surface area (Å²) in [6.45, 7) is 3.92. The smallest absolute Gasteiger partial charge is 0.172 e. The number of rotatable bonds is 1. The van der Waals surface area contributed by atoms with Crippen LogP contribution in [-0.2, 0) is 0 Å². The molecule has 4 heteroatoms. The third-order valence-corrected chi connectivity index (χ3v) is 0.851. The van der Waals surface area contributed by atoms with E-state index < -0.39 is 0 Å². The van der Waals surface area contributed by atoms with Crippen LogP contribution in [0.3, 0.4) is 0 Å². The minimum atomic E-state index is 0.249. The molecule has 0 bridgehead atoms. The van der Waals surface area contributed by atoms with Crippen LogP contribution in [0, 0.1) is 5.92 Å². The van der Waals surface area contributed by atoms with Gasteiger partial charge >= 0.3 is 0 Å². The van der Waals surface area contributed by atoms with Gasteiger partial charge in [-0.15, -0.1) is 5.11 Å². The summed E-state index contributed by atoms with van der Waals surface area (Å²) in [5.41, 5.74) is 0. The monoisotopic (exact) mass is 128 g/mol. The van der Waals surface area contributed by atoms with Gasteiger partial charge in [-0.05, 0) is 0 Å². The molecular weight excluding hydrogens is 116 g/mol. The normalized spacial score (nSPS) is 13.6. The van der Waals surface area contributed by atoms with Gasteiger partial charge in [0.1, 0.15) is 0 Å². The molecule has 0 aliphatic heterocycles. The lowest BCUT2D eigenvalue weighted by Crippen LogP contribution is -2.05. The lowest BCUT2D eigenvalue weighted by Gasteiger charge is -1.98. The number of nitrogens with two attached hydrogens (primary N) is 1. The fourth-order valence-electron chi connectivity index (χ4n) is 0.393. The first-order chi connectivity index (χ1) is 4.22. The Morgan fingerprint density at radius 2 is 2.00 bits per heavy atom. The van der Waals surface area contributed by atoms with Crippen molar-refractivity contribution in [2.75, 3.05) is 7.05 Å². The van der Waals surface area contributed by atoms with Crippen LogP contribution in [0.4, 0.5) is 0 Å². The van der Waals surface area contributed by atoms with Crippen LogP contribution < -0.4 is 5.84 Å². The number of azo groups is 1. The zero-order valence-corrected chi connectivity index (χ0v) is 6.00. The average molecular weight is 128 g/mol. The molecule has 0 unspecified atom stereocenters. The molecule has 0 aromatic rings. The Kier molecular flexibility index (Phi) is 3.59. The van der Waals surface area contributed by atoms with Crippen molar-refractivity contribution in [3.8, 4) is 0 Å². The minimum Gasteiger partial charge on any atom is -0.321 e. The molecule has 0 aliphatic rings. The van der Waals surface area contributed by atoms with Gasteiger partial charge < -0.3 is 5.84 Å². The summed E-state index contributed by atoms with van der Waals surface area (Å²) in [7, 11) is 1.59. The van der Waals surface area contributed by atoms with E-state index in [1.807, 2.05) is 13.8 Å². The predicted octanol–water partition coefficient (Wildman–Crippen LogP) is 0.997. The maximum atomic E-state index is 4.99. The van der Waals surface area contributed by atoms with Crippen LogP contribution in [0.1, 0.15) is 13.8 Å². The van der Waals surface area contributed by atoms with E-state index in [9.17, 15) is 0 Å². The van der Waals surface area contributed by atoms with E-state index in [-0.39, 0.29) is 5.92 Å². The number of hydrogen-bond acceptors (Lipinski definition) is 3. The molecule has 0 atom stereocenters. The Morgan fingerprint density at radius 3 is 2.11 bits per heavy atom. The van der Waals surface area contributed by atoms with Gasteiger partial charge in [0.25, 0.3) is 0 Å². The molecule has 4 nitrogen and oxygen atoms in total. The van der Waals surface area contributed by atoms with Crippen molar-refractivity contribution in [3.63, 3.8) is 0 Å². The molecule has 0 aromatic heterocycles. The molecule has 0 aliphatic carbocycles. The molecule has 0 saturated carbocycles. The van der Waals surface area contributed by atoms with E-state index in [1.54, 1.807) is 7.05 Å². The van der Waals surface area contributed by atoms with E-state index in [0.717, 1.165) is 0 Å². The van der Waals surface area contributed by atoms with Gasteiger partial charge in [0, 0.05) is 13.0 Å². The first-order valence-electron chi connectivity index (χ1n) is 2.80. The Bertz CT molecular complexity index is 125. The zero-order valence-electron chi connectivity index (χ0n) is 6.00. The molecule has 0 heterocycles. The van der Waals surface area contributed by atoms with Crippen LogP contribution in [0.25, 0.3) is 0 Å². The summed E-state index contributed by atoms with van der Waals surface area (Å²) >= 11 is 0. The number of hydrazone groups is 1. The second kappa shape index (κ2) is 4.00. The van der Waals surface area contributed by atoms with Crippen LogP contribution >= 0.6 is 0 Å². The zero-order chi connectivity index (χ0) is 7.28. The van der Waals surface area contributed by atoms with Crippen LogP contribution in [0.15, 0.2) is 15.3 Å². The Labute approximate surface area is 54.9 Å². The van der Waals surface area contributed by atoms with Crippen molar-refractivity contribution in [1.29, 1.82) is 0 Å². The second-order valence-corrected chi connectivity index (χ2v) is 1.94. The van der Waals surface area contributed by atoms with Crippen LogP contribution in [-0.4, -0.2) is 12.9 Å². The molecule has 0 saturated heterocycles. The van der Waals surface area contributed by atoms with Gasteiger partial charge in [0.15, 0.2) is 5.84 Å². The summed E-state index contributed by atoms with van der Waals surface area (Å²) in [4.78, 5) is 0. The van der Waals surface area contributed by atoms with Crippen molar-refractivity contribution in [3.05, 3.63) is 0 Å². The fraction of sp³-hybridized carbons (Fsp3) is 0.800. The molecule has 0 amide bonds. The summed E-state index contributed by atoms with van der Waals surface area (Å²) in [6.07, 6.45) is 0. The van der Waals surface area contributed by atoms with Gasteiger partial charge in [-0.25, -0.2) is 0 Å². The Hall–Kier alpha value is -0.930. The molecular formula is C5H12N4. The first kappa shape index (κ1) is 8.07. The summed E-state index contributed by atoms with van der Waals surface area (Å²) in [5, 5.41) is 10.7. The molecule has 0 fully saturated rings. The predicted molar refractivity (Wildman–Crippen MR) is 37.2 cm³/mol. The summed E-state index contributed by atoms with van der Waals surface area (Å²) in [6, 6.07) is 0. The lowest BCUT2D eigenvalue weighted by molar-refractivity contribution is 0.851. The van der Waals surface area contributed by atoms with Crippen LogP contribution in [0.5, 0.6) is 0 Å². The van der Waals surface area contributed by atoms with Gasteiger partial charge in [0.05, 0.1) is 0 Å². The highest BCUT2D eigenvalue weighted by Gasteiger charge is 2.00. The third kappa shape index (κ3) is 2.79. The maximum Gasteiger partial charge on any atom is 0.172 e. The van der Waals surface area contributed by atoms with E-state index in [4.69, 9.17) is 5.84 Å². The van der Waals surface area contributed by atoms with Crippen molar-refractivity contribution in [2.24, 2.45) is 27.1 Å². The largest absolute Gasteiger partial charge is 0.321 e. The summed E-state index contributed by atoms with van der Waals surface area (Å²) < 4.78 is 0. The van der Waals surface area contributed by atoms with Crippen molar-refractivity contribution >= 4 is 5.84 Å². The molecule has 0 radical (unpaired) electrons. The number of hydrogen-bond donors (Lipinski definition) is 1. The van der Waals surface area contributed by atoms with Crippen molar-refractivity contribution in [1.82, 2.24) is 0 Å². The highest BCUT2D eigenvalue weighted by molar-refractivity contribution is 5.83. The van der Waals surface area contributed by atoms with Gasteiger partial charge in [0.2, 0.25) is 0 Å². The first-order valence-corrected chi connectivity index (χ1v) is 2.80. The van der Waals surface area contributed by atoms with E-state index >= 15 is 0 Å². The van der Waals surface area contributed by atoms with Gasteiger partial charge in [-0.3, -0.25) is 0 Å². The van der Waals surface area contributed by atoms with E-state index in [0.29, 0.717) is 5.84 Å². The number of amidine groups is 1. The van der Waals surface area contributed by atoms with E-state index in [2.05, 4.69) is 15.3 Å². The van der Waals surface area contributed by atoms with E-state index in [1.165, 1.54) is 0 Å². The maximum absolute atomic E-state index is 4.99. The average Bonchev–Trinajstić information content (AvgIpc) is 1.82. The molecule has 0 aromatic carbocycles. The van der Waals surface area contributed by atoms with Crippen molar-refractivity contribution < 1.29 is 0 Å². The Balaban J connectivity index is 4.01. The highest BCUT2D eigenvalue weighted by Crippen LogP contribution is 1.96. The quantitative estimate of drug-likeness (QED) is 0.185. The number of nitrogens with zero attached hydrogens (tertiary/aromatic N) is 3.